The van der Waals surface area contributed by atoms with Gasteiger partial charge in [-0.05, 0) is 31.2 Å². The van der Waals surface area contributed by atoms with E-state index in [9.17, 15) is 24.6 Å². The highest BCUT2D eigenvalue weighted by Gasteiger charge is 2.59. The van der Waals surface area contributed by atoms with Crippen LogP contribution in [0.3, 0.4) is 0 Å². The summed E-state index contributed by atoms with van der Waals surface area (Å²) >= 11 is 2.54. The van der Waals surface area contributed by atoms with E-state index in [0.717, 1.165) is 0 Å². The summed E-state index contributed by atoms with van der Waals surface area (Å²) in [4.78, 5) is 38.4. The standard InChI is InChI=1S/C18H19N5O5S2/c1-9-21-22-16(30-9)18(17(27)28)7-23-14(26)13(15(23)29-8-18)20-12(25)6-19-10-2-4-11(24)5-3-10/h2-5,13,15,19,24H,6-8H2,1H3,(H,20,25)(H,27,28)/t13?,15-,18?/m1/s1. The van der Waals surface area contributed by atoms with Crippen molar-refractivity contribution >= 4 is 46.6 Å². The number of amides is 2. The van der Waals surface area contributed by atoms with E-state index >= 15 is 0 Å². The molecule has 0 radical (unpaired) electrons. The number of aliphatic carboxylic acids is 1. The first kappa shape index (κ1) is 20.4. The minimum Gasteiger partial charge on any atom is -0.508 e. The summed E-state index contributed by atoms with van der Waals surface area (Å²) in [7, 11) is 0. The number of nitrogens with one attached hydrogen (secondary N) is 2. The first-order chi connectivity index (χ1) is 14.3. The number of carbonyl (C=O) groups is 3. The number of phenolic OH excluding ortho intramolecular Hbond substituents is 1. The van der Waals surface area contributed by atoms with Gasteiger partial charge >= 0.3 is 5.97 Å². The predicted octanol–water partition coefficient (Wildman–Crippen LogP) is 0.387. The van der Waals surface area contributed by atoms with E-state index in [2.05, 4.69) is 20.8 Å². The van der Waals surface area contributed by atoms with Crippen molar-refractivity contribution < 1.29 is 24.6 Å². The van der Waals surface area contributed by atoms with Crippen LogP contribution in [0.2, 0.25) is 0 Å². The zero-order valence-corrected chi connectivity index (χ0v) is 17.5. The number of thioether (sulfide) groups is 1. The van der Waals surface area contributed by atoms with Crippen molar-refractivity contribution in [3.8, 4) is 5.75 Å². The van der Waals surface area contributed by atoms with Crippen molar-refractivity contribution in [3.05, 3.63) is 34.3 Å². The van der Waals surface area contributed by atoms with Gasteiger partial charge in [-0.25, -0.2) is 0 Å². The van der Waals surface area contributed by atoms with Crippen molar-refractivity contribution in [1.29, 1.82) is 0 Å². The van der Waals surface area contributed by atoms with Crippen LogP contribution in [0.15, 0.2) is 24.3 Å². The molecule has 2 amide bonds. The number of nitrogens with zero attached hydrogens (tertiary/aromatic N) is 3. The monoisotopic (exact) mass is 449 g/mol. The fourth-order valence-corrected chi connectivity index (χ4v) is 5.90. The van der Waals surface area contributed by atoms with E-state index in [-0.39, 0.29) is 41.8 Å². The number of hydrogen-bond acceptors (Lipinski definition) is 9. The summed E-state index contributed by atoms with van der Waals surface area (Å²) in [5.74, 6) is -1.33. The predicted molar refractivity (Wildman–Crippen MR) is 110 cm³/mol. The van der Waals surface area contributed by atoms with E-state index in [4.69, 9.17) is 0 Å². The number of phenols is 1. The molecule has 2 saturated heterocycles. The Morgan fingerprint density at radius 2 is 2.03 bits per heavy atom. The second kappa shape index (κ2) is 7.76. The summed E-state index contributed by atoms with van der Waals surface area (Å²) in [6.45, 7) is 1.72. The smallest absolute Gasteiger partial charge is 0.319 e. The van der Waals surface area contributed by atoms with Gasteiger partial charge in [0.25, 0.3) is 0 Å². The van der Waals surface area contributed by atoms with E-state index in [0.29, 0.717) is 15.7 Å². The Morgan fingerprint density at radius 1 is 1.30 bits per heavy atom. The number of anilines is 1. The zero-order chi connectivity index (χ0) is 21.5. The Bertz CT molecular complexity index is 997. The lowest BCUT2D eigenvalue weighted by atomic mass is 9.88. The average molecular weight is 450 g/mol. The molecule has 158 valence electrons. The number of rotatable bonds is 6. The first-order valence-electron chi connectivity index (χ1n) is 9.08. The minimum atomic E-state index is -1.29. The maximum absolute atomic E-state index is 12.6. The first-order valence-corrected chi connectivity index (χ1v) is 10.9. The van der Waals surface area contributed by atoms with Crippen LogP contribution in [-0.2, 0) is 19.8 Å². The lowest BCUT2D eigenvalue weighted by molar-refractivity contribution is -0.154. The topological polar surface area (TPSA) is 145 Å². The van der Waals surface area contributed by atoms with Crippen molar-refractivity contribution in [2.24, 2.45) is 0 Å². The molecule has 2 unspecified atom stereocenters. The largest absolute Gasteiger partial charge is 0.508 e. The molecule has 0 spiro atoms. The van der Waals surface area contributed by atoms with Gasteiger partial charge in [0.2, 0.25) is 11.8 Å². The molecule has 0 bridgehead atoms. The van der Waals surface area contributed by atoms with Crippen molar-refractivity contribution in [3.63, 3.8) is 0 Å². The quantitative estimate of drug-likeness (QED) is 0.363. The van der Waals surface area contributed by atoms with Crippen LogP contribution in [0.1, 0.15) is 10.0 Å². The number of carbonyl (C=O) groups excluding carboxylic acids is 2. The minimum absolute atomic E-state index is 0.00555. The molecule has 0 aliphatic carbocycles. The Hall–Kier alpha value is -2.86. The second-order valence-electron chi connectivity index (χ2n) is 7.13. The Labute approximate surface area is 179 Å². The maximum atomic E-state index is 12.6. The van der Waals surface area contributed by atoms with Gasteiger partial charge in [0.15, 0.2) is 0 Å². The molecule has 0 saturated carbocycles. The lowest BCUT2D eigenvalue weighted by Gasteiger charge is -2.53. The molecule has 4 N–H and O–H groups in total. The number of fused-ring (bicyclic) bond motifs is 1. The summed E-state index contributed by atoms with van der Waals surface area (Å²) in [5.41, 5.74) is -0.631. The van der Waals surface area contributed by atoms with Gasteiger partial charge in [0.05, 0.1) is 6.54 Å². The average Bonchev–Trinajstić information content (AvgIpc) is 3.17. The zero-order valence-electron chi connectivity index (χ0n) is 15.9. The molecule has 2 fully saturated rings. The molecule has 3 heterocycles. The SMILES string of the molecule is Cc1nnc(C2(C(=O)O)CS[C@@H]3C(NC(=O)CNc4ccc(O)cc4)C(=O)N3C2)s1. The summed E-state index contributed by atoms with van der Waals surface area (Å²) in [6.07, 6.45) is 0. The molecule has 2 aliphatic rings. The van der Waals surface area contributed by atoms with Gasteiger partial charge in [-0.2, -0.15) is 0 Å². The van der Waals surface area contributed by atoms with Crippen LogP contribution in [0.25, 0.3) is 0 Å². The van der Waals surface area contributed by atoms with Gasteiger partial charge in [0, 0.05) is 18.0 Å². The van der Waals surface area contributed by atoms with Crippen LogP contribution >= 0.6 is 23.1 Å². The number of β-lactam (4-membered cyclic amide) rings is 1. The molecule has 2 aromatic rings. The van der Waals surface area contributed by atoms with E-state index < -0.39 is 17.4 Å². The van der Waals surface area contributed by atoms with Crippen molar-refractivity contribution in [1.82, 2.24) is 20.4 Å². The molecule has 3 atom stereocenters. The third-order valence-electron chi connectivity index (χ3n) is 5.06. The Kier molecular flexibility index (Phi) is 5.28. The number of carboxylic acid groups (broad SMARTS) is 1. The fraction of sp³-hybridized carbons (Fsp3) is 0.389. The molecule has 10 nitrogen and oxygen atoms in total. The van der Waals surface area contributed by atoms with Crippen LogP contribution in [0.4, 0.5) is 5.69 Å². The Balaban J connectivity index is 1.37. The molecule has 4 rings (SSSR count). The number of aromatic hydroxyl groups is 1. The van der Waals surface area contributed by atoms with Crippen LogP contribution < -0.4 is 10.6 Å². The van der Waals surface area contributed by atoms with Crippen LogP contribution in [0, 0.1) is 6.92 Å². The van der Waals surface area contributed by atoms with E-state index in [1.807, 2.05) is 0 Å². The van der Waals surface area contributed by atoms with Gasteiger partial charge in [-0.1, -0.05) is 0 Å². The molecular formula is C18H19N5O5S2. The van der Waals surface area contributed by atoms with Gasteiger partial charge in [-0.15, -0.1) is 33.3 Å². The fourth-order valence-electron chi connectivity index (χ4n) is 3.40. The molecule has 30 heavy (non-hydrogen) atoms. The van der Waals surface area contributed by atoms with E-state index in [1.54, 1.807) is 19.1 Å². The highest BCUT2D eigenvalue weighted by Crippen LogP contribution is 2.44. The number of benzene rings is 1. The number of aromatic nitrogens is 2. The highest BCUT2D eigenvalue weighted by molar-refractivity contribution is 8.00. The second-order valence-corrected chi connectivity index (χ2v) is 9.41. The summed E-state index contributed by atoms with van der Waals surface area (Å²) in [6, 6.07) is 5.58. The van der Waals surface area contributed by atoms with Crippen LogP contribution in [0.5, 0.6) is 5.75 Å². The maximum Gasteiger partial charge on any atom is 0.319 e. The molecule has 1 aromatic heterocycles. The Morgan fingerprint density at radius 3 is 2.67 bits per heavy atom. The summed E-state index contributed by atoms with van der Waals surface area (Å²) in [5, 5.41) is 33.5. The normalized spacial score (nSPS) is 25.2. The lowest BCUT2D eigenvalue weighted by Crippen LogP contribution is -2.74. The van der Waals surface area contributed by atoms with Gasteiger partial charge in [-0.3, -0.25) is 14.4 Å². The van der Waals surface area contributed by atoms with Gasteiger partial charge < -0.3 is 25.7 Å². The molecule has 1 aromatic carbocycles. The third-order valence-corrected chi connectivity index (χ3v) is 7.63. The number of carboxylic acids is 1. The van der Waals surface area contributed by atoms with Crippen LogP contribution in [-0.4, -0.2) is 73.4 Å². The third kappa shape index (κ3) is 3.56. The highest BCUT2D eigenvalue weighted by atomic mass is 32.2. The van der Waals surface area contributed by atoms with Gasteiger partial charge in [0.1, 0.15) is 32.6 Å². The number of hydrogen-bond donors (Lipinski definition) is 4. The molecule has 12 heteroatoms. The molecular weight excluding hydrogens is 430 g/mol. The summed E-state index contributed by atoms with van der Waals surface area (Å²) < 4.78 is 0. The van der Waals surface area contributed by atoms with E-state index in [1.165, 1.54) is 40.1 Å². The van der Waals surface area contributed by atoms with Crippen molar-refractivity contribution in [2.75, 3.05) is 24.2 Å². The van der Waals surface area contributed by atoms with Crippen molar-refractivity contribution in [2.45, 2.75) is 23.8 Å². The number of aryl methyl sites for hydroxylation is 1. The molecule has 2 aliphatic heterocycles.